The van der Waals surface area contributed by atoms with E-state index < -0.39 is 0 Å². The Bertz CT molecular complexity index is 829. The number of aromatic nitrogens is 2. The monoisotopic (exact) mass is 395 g/mol. The first-order chi connectivity index (χ1) is 14.2. The maximum Gasteiger partial charge on any atom is 0.260 e. The van der Waals surface area contributed by atoms with Crippen LogP contribution in [0.5, 0.6) is 5.75 Å². The molecule has 1 aromatic carbocycles. The van der Waals surface area contributed by atoms with E-state index in [9.17, 15) is 4.79 Å². The molecule has 1 amide bonds. The molecular formula is C22H29N5O2. The molecular weight excluding hydrogens is 366 g/mol. The van der Waals surface area contributed by atoms with Crippen molar-refractivity contribution in [3.05, 3.63) is 47.9 Å². The van der Waals surface area contributed by atoms with Crippen molar-refractivity contribution in [1.29, 1.82) is 0 Å². The molecule has 3 heterocycles. The van der Waals surface area contributed by atoms with Gasteiger partial charge in [-0.15, -0.1) is 0 Å². The highest BCUT2D eigenvalue weighted by Crippen LogP contribution is 2.22. The van der Waals surface area contributed by atoms with Gasteiger partial charge in [-0.05, 0) is 31.9 Å². The maximum atomic E-state index is 12.3. The highest BCUT2D eigenvalue weighted by molar-refractivity contribution is 5.78. The smallest absolute Gasteiger partial charge is 0.260 e. The van der Waals surface area contributed by atoms with E-state index in [4.69, 9.17) is 4.74 Å². The van der Waals surface area contributed by atoms with Gasteiger partial charge in [-0.2, -0.15) is 0 Å². The lowest BCUT2D eigenvalue weighted by atomic mass is 10.1. The molecule has 7 nitrogen and oxygen atoms in total. The number of likely N-dealkylation sites (tertiary alicyclic amines) is 1. The van der Waals surface area contributed by atoms with Gasteiger partial charge >= 0.3 is 0 Å². The molecule has 1 aromatic heterocycles. The molecule has 2 aromatic rings. The van der Waals surface area contributed by atoms with Crippen LogP contribution >= 0.6 is 0 Å². The van der Waals surface area contributed by atoms with E-state index in [2.05, 4.69) is 25.8 Å². The van der Waals surface area contributed by atoms with Crippen molar-refractivity contribution in [3.8, 4) is 5.75 Å². The first kappa shape index (κ1) is 19.6. The number of anilines is 1. The van der Waals surface area contributed by atoms with Crippen LogP contribution in [0.4, 0.5) is 5.82 Å². The van der Waals surface area contributed by atoms with E-state index in [0.29, 0.717) is 0 Å². The second-order valence-corrected chi connectivity index (χ2v) is 7.71. The lowest BCUT2D eigenvalue weighted by Gasteiger charge is -2.35. The number of nitrogens with zero attached hydrogens (tertiary/aromatic N) is 5. The molecule has 0 radical (unpaired) electrons. The minimum atomic E-state index is 0.0889. The average molecular weight is 396 g/mol. The summed E-state index contributed by atoms with van der Waals surface area (Å²) in [5.41, 5.74) is 1.13. The first-order valence-corrected chi connectivity index (χ1v) is 10.4. The molecule has 0 N–H and O–H groups in total. The van der Waals surface area contributed by atoms with Crippen molar-refractivity contribution >= 4 is 11.7 Å². The molecule has 0 unspecified atom stereocenters. The molecule has 2 fully saturated rings. The van der Waals surface area contributed by atoms with Gasteiger partial charge in [0.05, 0.1) is 0 Å². The van der Waals surface area contributed by atoms with Crippen LogP contribution in [-0.4, -0.2) is 71.6 Å². The Balaban J connectivity index is 1.31. The van der Waals surface area contributed by atoms with Crippen LogP contribution in [0, 0.1) is 6.92 Å². The zero-order chi connectivity index (χ0) is 20.1. The van der Waals surface area contributed by atoms with Crippen LogP contribution in [0.3, 0.4) is 0 Å². The molecule has 154 valence electrons. The topological polar surface area (TPSA) is 61.8 Å². The summed E-state index contributed by atoms with van der Waals surface area (Å²) in [6.07, 6.45) is 4.02. The van der Waals surface area contributed by atoms with Crippen LogP contribution in [0.25, 0.3) is 0 Å². The number of piperazine rings is 1. The summed E-state index contributed by atoms with van der Waals surface area (Å²) in [5, 5.41) is 0. The van der Waals surface area contributed by atoms with Crippen LogP contribution < -0.4 is 9.64 Å². The number of hydrogen-bond donors (Lipinski definition) is 0. The number of carbonyl (C=O) groups excluding carboxylic acids is 1. The first-order valence-electron chi connectivity index (χ1n) is 10.4. The number of carbonyl (C=O) groups is 1. The molecule has 29 heavy (non-hydrogen) atoms. The Morgan fingerprint density at radius 2 is 1.79 bits per heavy atom. The summed E-state index contributed by atoms with van der Waals surface area (Å²) in [6.45, 7) is 8.39. The van der Waals surface area contributed by atoms with Crippen molar-refractivity contribution < 1.29 is 9.53 Å². The van der Waals surface area contributed by atoms with Gasteiger partial charge in [0.2, 0.25) is 0 Å². The number of aryl methyl sites for hydroxylation is 1. The van der Waals surface area contributed by atoms with E-state index in [1.54, 1.807) is 0 Å². The zero-order valence-corrected chi connectivity index (χ0v) is 17.1. The van der Waals surface area contributed by atoms with Crippen LogP contribution in [0.2, 0.25) is 0 Å². The largest absolute Gasteiger partial charge is 0.483 e. The van der Waals surface area contributed by atoms with Gasteiger partial charge in [0.1, 0.15) is 17.4 Å². The third-order valence-electron chi connectivity index (χ3n) is 5.63. The van der Waals surface area contributed by atoms with E-state index >= 15 is 0 Å². The molecule has 7 heteroatoms. The normalized spacial score (nSPS) is 17.6. The van der Waals surface area contributed by atoms with Crippen LogP contribution in [0.1, 0.15) is 24.2 Å². The fourth-order valence-electron chi connectivity index (χ4n) is 3.97. The second-order valence-electron chi connectivity index (χ2n) is 7.71. The second kappa shape index (κ2) is 9.22. The quantitative estimate of drug-likeness (QED) is 0.747. The number of para-hydroxylation sites is 1. The summed E-state index contributed by atoms with van der Waals surface area (Å²) in [6, 6.07) is 10.0. The Labute approximate surface area is 172 Å². The molecule has 0 bridgehead atoms. The lowest BCUT2D eigenvalue weighted by molar-refractivity contribution is -0.132. The average Bonchev–Trinajstić information content (AvgIpc) is 3.29. The molecule has 2 aliphatic heterocycles. The van der Waals surface area contributed by atoms with Crippen molar-refractivity contribution in [2.75, 3.05) is 50.8 Å². The summed E-state index contributed by atoms with van der Waals surface area (Å²) < 4.78 is 5.91. The highest BCUT2D eigenvalue weighted by atomic mass is 16.5. The maximum absolute atomic E-state index is 12.3. The standard InChI is InChI=1S/C22H29N5O2/c1-18-23-9-8-21(24-18)26-14-12-25(13-15-26)16-19-6-2-3-7-20(19)29-17-22(28)27-10-4-5-11-27/h2-3,6-9H,4-5,10-17H2,1H3. The predicted molar refractivity (Wildman–Crippen MR) is 112 cm³/mol. The van der Waals surface area contributed by atoms with Gasteiger partial charge in [0.25, 0.3) is 5.91 Å². The molecule has 2 aliphatic rings. The third-order valence-corrected chi connectivity index (χ3v) is 5.63. The number of ether oxygens (including phenoxy) is 1. The van der Waals surface area contributed by atoms with E-state index in [1.807, 2.05) is 42.3 Å². The van der Waals surface area contributed by atoms with Gasteiger partial charge in [0.15, 0.2) is 6.61 Å². The predicted octanol–water partition coefficient (Wildman–Crippen LogP) is 2.11. The minimum Gasteiger partial charge on any atom is -0.483 e. The summed E-state index contributed by atoms with van der Waals surface area (Å²) in [5.74, 6) is 2.71. The molecule has 0 saturated carbocycles. The highest BCUT2D eigenvalue weighted by Gasteiger charge is 2.21. The molecule has 0 aliphatic carbocycles. The van der Waals surface area contributed by atoms with Gasteiger partial charge < -0.3 is 14.5 Å². The molecule has 2 saturated heterocycles. The fraction of sp³-hybridized carbons (Fsp3) is 0.500. The lowest BCUT2D eigenvalue weighted by Crippen LogP contribution is -2.46. The van der Waals surface area contributed by atoms with Gasteiger partial charge in [-0.25, -0.2) is 9.97 Å². The van der Waals surface area contributed by atoms with Crippen molar-refractivity contribution in [2.45, 2.75) is 26.3 Å². The number of rotatable bonds is 6. The van der Waals surface area contributed by atoms with E-state index in [-0.39, 0.29) is 12.5 Å². The SMILES string of the molecule is Cc1nccc(N2CCN(Cc3ccccc3OCC(=O)N3CCCC3)CC2)n1. The number of benzene rings is 1. The number of hydrogen-bond acceptors (Lipinski definition) is 6. The fourth-order valence-corrected chi connectivity index (χ4v) is 3.97. The summed E-state index contributed by atoms with van der Waals surface area (Å²) in [4.78, 5) is 27.6. The summed E-state index contributed by atoms with van der Waals surface area (Å²) in [7, 11) is 0. The van der Waals surface area contributed by atoms with E-state index in [1.165, 1.54) is 0 Å². The Morgan fingerprint density at radius 1 is 1.03 bits per heavy atom. The Morgan fingerprint density at radius 3 is 2.55 bits per heavy atom. The molecule has 4 rings (SSSR count). The van der Waals surface area contributed by atoms with Gasteiger partial charge in [-0.1, -0.05) is 18.2 Å². The van der Waals surface area contributed by atoms with Crippen LogP contribution in [0.15, 0.2) is 36.5 Å². The van der Waals surface area contributed by atoms with E-state index in [0.717, 1.165) is 81.6 Å². The van der Waals surface area contributed by atoms with Gasteiger partial charge in [0, 0.05) is 57.6 Å². The zero-order valence-electron chi connectivity index (χ0n) is 17.1. The summed E-state index contributed by atoms with van der Waals surface area (Å²) >= 11 is 0. The van der Waals surface area contributed by atoms with Crippen molar-refractivity contribution in [3.63, 3.8) is 0 Å². The minimum absolute atomic E-state index is 0.0889. The third kappa shape index (κ3) is 5.03. The Hall–Kier alpha value is -2.67. The van der Waals surface area contributed by atoms with Gasteiger partial charge in [-0.3, -0.25) is 9.69 Å². The molecule has 0 spiro atoms. The van der Waals surface area contributed by atoms with Crippen molar-refractivity contribution in [1.82, 2.24) is 19.8 Å². The van der Waals surface area contributed by atoms with Crippen molar-refractivity contribution in [2.24, 2.45) is 0 Å². The Kier molecular flexibility index (Phi) is 6.24. The number of amides is 1. The van der Waals surface area contributed by atoms with Crippen LogP contribution in [-0.2, 0) is 11.3 Å². The molecule has 0 atom stereocenters.